The molecule has 0 saturated heterocycles. The molecule has 0 radical (unpaired) electrons. The van der Waals surface area contributed by atoms with E-state index in [-0.39, 0.29) is 11.8 Å². The first-order valence-corrected chi connectivity index (χ1v) is 7.96. The molecule has 0 bridgehead atoms. The Morgan fingerprint density at radius 3 is 2.39 bits per heavy atom. The SMILES string of the molecule is CC1=C(C)CN(c2cc(C)ccc2O)[C@@H](c2ccccc2O)C1. The van der Waals surface area contributed by atoms with Crippen LogP contribution in [0.5, 0.6) is 11.5 Å². The minimum atomic E-state index is 0.0209. The third kappa shape index (κ3) is 2.91. The maximum atomic E-state index is 10.4. The molecule has 3 heteroatoms. The summed E-state index contributed by atoms with van der Waals surface area (Å²) in [5, 5.41) is 20.7. The normalized spacial score (nSPS) is 18.4. The van der Waals surface area contributed by atoms with Gasteiger partial charge < -0.3 is 15.1 Å². The molecule has 2 aromatic carbocycles. The maximum Gasteiger partial charge on any atom is 0.138 e. The fraction of sp³-hybridized carbons (Fsp3) is 0.300. The molecule has 0 aromatic heterocycles. The van der Waals surface area contributed by atoms with E-state index in [1.165, 1.54) is 11.1 Å². The zero-order chi connectivity index (χ0) is 16.6. The van der Waals surface area contributed by atoms with Gasteiger partial charge in [-0.25, -0.2) is 0 Å². The molecule has 0 aliphatic carbocycles. The van der Waals surface area contributed by atoms with Crippen molar-refractivity contribution in [1.29, 1.82) is 0 Å². The van der Waals surface area contributed by atoms with Crippen LogP contribution in [-0.2, 0) is 0 Å². The van der Waals surface area contributed by atoms with E-state index < -0.39 is 0 Å². The summed E-state index contributed by atoms with van der Waals surface area (Å²) in [7, 11) is 0. The number of aryl methyl sites for hydroxylation is 1. The van der Waals surface area contributed by atoms with Crippen LogP contribution in [-0.4, -0.2) is 16.8 Å². The van der Waals surface area contributed by atoms with Gasteiger partial charge in [-0.1, -0.05) is 35.4 Å². The third-order valence-electron chi connectivity index (χ3n) is 4.75. The van der Waals surface area contributed by atoms with E-state index in [4.69, 9.17) is 0 Å². The number of benzene rings is 2. The number of phenolic OH excluding ortho intramolecular Hbond substituents is 2. The van der Waals surface area contributed by atoms with E-state index in [1.54, 1.807) is 12.1 Å². The van der Waals surface area contributed by atoms with E-state index >= 15 is 0 Å². The van der Waals surface area contributed by atoms with E-state index in [9.17, 15) is 10.2 Å². The molecule has 120 valence electrons. The zero-order valence-corrected chi connectivity index (χ0v) is 13.9. The van der Waals surface area contributed by atoms with Gasteiger partial charge in [-0.2, -0.15) is 0 Å². The number of rotatable bonds is 2. The lowest BCUT2D eigenvalue weighted by Gasteiger charge is -2.39. The molecule has 2 N–H and O–H groups in total. The second-order valence-electron chi connectivity index (χ2n) is 6.46. The first kappa shape index (κ1) is 15.5. The number of para-hydroxylation sites is 1. The second kappa shape index (κ2) is 5.99. The minimum Gasteiger partial charge on any atom is -0.508 e. The van der Waals surface area contributed by atoms with Crippen molar-refractivity contribution in [2.24, 2.45) is 0 Å². The van der Waals surface area contributed by atoms with Crippen LogP contribution in [0.2, 0.25) is 0 Å². The Hall–Kier alpha value is -2.42. The van der Waals surface area contributed by atoms with Gasteiger partial charge in [0.25, 0.3) is 0 Å². The largest absolute Gasteiger partial charge is 0.508 e. The molecule has 0 spiro atoms. The van der Waals surface area contributed by atoms with Crippen molar-refractivity contribution in [2.45, 2.75) is 33.2 Å². The first-order valence-electron chi connectivity index (χ1n) is 7.96. The summed E-state index contributed by atoms with van der Waals surface area (Å²) in [6, 6.07) is 13.2. The molecule has 3 rings (SSSR count). The molecule has 0 unspecified atom stereocenters. The van der Waals surface area contributed by atoms with Crippen molar-refractivity contribution >= 4 is 5.69 Å². The highest BCUT2D eigenvalue weighted by atomic mass is 16.3. The smallest absolute Gasteiger partial charge is 0.138 e. The Balaban J connectivity index is 2.11. The van der Waals surface area contributed by atoms with Crippen LogP contribution < -0.4 is 4.90 Å². The van der Waals surface area contributed by atoms with Gasteiger partial charge in [0.1, 0.15) is 11.5 Å². The summed E-state index contributed by atoms with van der Waals surface area (Å²) < 4.78 is 0. The summed E-state index contributed by atoms with van der Waals surface area (Å²) in [5.74, 6) is 0.588. The molecule has 2 aromatic rings. The molecule has 1 atom stereocenters. The van der Waals surface area contributed by atoms with Crippen LogP contribution in [0.25, 0.3) is 0 Å². The molecule has 1 aliphatic rings. The fourth-order valence-corrected chi connectivity index (χ4v) is 3.24. The van der Waals surface area contributed by atoms with Gasteiger partial charge in [0.05, 0.1) is 11.7 Å². The van der Waals surface area contributed by atoms with Crippen molar-refractivity contribution in [1.82, 2.24) is 0 Å². The van der Waals surface area contributed by atoms with Gasteiger partial charge in [-0.3, -0.25) is 0 Å². The van der Waals surface area contributed by atoms with Gasteiger partial charge in [-0.15, -0.1) is 0 Å². The Morgan fingerprint density at radius 2 is 1.65 bits per heavy atom. The van der Waals surface area contributed by atoms with Crippen LogP contribution in [0.3, 0.4) is 0 Å². The van der Waals surface area contributed by atoms with Crippen LogP contribution in [0.1, 0.15) is 37.4 Å². The van der Waals surface area contributed by atoms with Crippen LogP contribution in [0, 0.1) is 6.92 Å². The maximum absolute atomic E-state index is 10.4. The molecule has 23 heavy (non-hydrogen) atoms. The number of aromatic hydroxyl groups is 2. The monoisotopic (exact) mass is 309 g/mol. The Morgan fingerprint density at radius 1 is 0.913 bits per heavy atom. The quantitative estimate of drug-likeness (QED) is 0.791. The Kier molecular flexibility index (Phi) is 4.03. The lowest BCUT2D eigenvalue weighted by molar-refractivity contribution is 0.449. The lowest BCUT2D eigenvalue weighted by atomic mass is 9.90. The Bertz CT molecular complexity index is 764. The number of phenols is 2. The average Bonchev–Trinajstić information content (AvgIpc) is 2.53. The van der Waals surface area contributed by atoms with Crippen LogP contribution >= 0.6 is 0 Å². The molecular weight excluding hydrogens is 286 g/mol. The topological polar surface area (TPSA) is 43.7 Å². The summed E-state index contributed by atoms with van der Waals surface area (Å²) >= 11 is 0. The fourth-order valence-electron chi connectivity index (χ4n) is 3.24. The predicted octanol–water partition coefficient (Wildman–Crippen LogP) is 4.69. The van der Waals surface area contributed by atoms with Gasteiger partial charge in [0.2, 0.25) is 0 Å². The lowest BCUT2D eigenvalue weighted by Crippen LogP contribution is -2.34. The van der Waals surface area contributed by atoms with Gasteiger partial charge in [-0.05, 0) is 51.0 Å². The standard InChI is InChI=1S/C20H23NO2/c1-13-8-9-20(23)18(10-13)21-12-15(3)14(2)11-17(21)16-6-4-5-7-19(16)22/h4-10,17,22-23H,11-12H2,1-3H3/t17-/m1/s1. The second-order valence-corrected chi connectivity index (χ2v) is 6.46. The van der Waals surface area contributed by atoms with E-state index in [0.29, 0.717) is 5.75 Å². The Labute approximate surface area is 137 Å². The number of hydrogen-bond donors (Lipinski definition) is 2. The molecule has 1 aliphatic heterocycles. The molecule has 0 fully saturated rings. The van der Waals surface area contributed by atoms with Crippen molar-refractivity contribution in [2.75, 3.05) is 11.4 Å². The van der Waals surface area contributed by atoms with Gasteiger partial charge >= 0.3 is 0 Å². The van der Waals surface area contributed by atoms with E-state index in [1.807, 2.05) is 37.3 Å². The predicted molar refractivity (Wildman–Crippen MR) is 94.0 cm³/mol. The number of hydrogen-bond acceptors (Lipinski definition) is 3. The van der Waals surface area contributed by atoms with Gasteiger partial charge in [0, 0.05) is 12.1 Å². The van der Waals surface area contributed by atoms with E-state index in [2.05, 4.69) is 18.7 Å². The molecular formula is C20H23NO2. The van der Waals surface area contributed by atoms with Crippen molar-refractivity contribution < 1.29 is 10.2 Å². The molecule has 3 nitrogen and oxygen atoms in total. The highest BCUT2D eigenvalue weighted by Crippen LogP contribution is 2.43. The van der Waals surface area contributed by atoms with Crippen LogP contribution in [0.15, 0.2) is 53.6 Å². The number of nitrogens with zero attached hydrogens (tertiary/aromatic N) is 1. The van der Waals surface area contributed by atoms with Crippen molar-refractivity contribution in [3.8, 4) is 11.5 Å². The number of anilines is 1. The summed E-state index contributed by atoms with van der Waals surface area (Å²) in [6.45, 7) is 7.06. The van der Waals surface area contributed by atoms with Crippen molar-refractivity contribution in [3.63, 3.8) is 0 Å². The van der Waals surface area contributed by atoms with Crippen molar-refractivity contribution in [3.05, 3.63) is 64.7 Å². The van der Waals surface area contributed by atoms with Gasteiger partial charge in [0.15, 0.2) is 0 Å². The molecule has 0 amide bonds. The highest BCUT2D eigenvalue weighted by Gasteiger charge is 2.29. The summed E-state index contributed by atoms with van der Waals surface area (Å²) in [4.78, 5) is 2.19. The van der Waals surface area contributed by atoms with E-state index in [0.717, 1.165) is 29.8 Å². The minimum absolute atomic E-state index is 0.0209. The summed E-state index contributed by atoms with van der Waals surface area (Å²) in [6.07, 6.45) is 0.844. The average molecular weight is 309 g/mol. The molecule has 1 heterocycles. The third-order valence-corrected chi connectivity index (χ3v) is 4.75. The zero-order valence-electron chi connectivity index (χ0n) is 13.9. The summed E-state index contributed by atoms with van der Waals surface area (Å²) in [5.41, 5.74) is 5.50. The first-order chi connectivity index (χ1) is 11.0. The van der Waals surface area contributed by atoms with Crippen LogP contribution in [0.4, 0.5) is 5.69 Å². The highest BCUT2D eigenvalue weighted by molar-refractivity contribution is 5.63. The molecule has 0 saturated carbocycles.